The van der Waals surface area contributed by atoms with Gasteiger partial charge in [-0.15, -0.1) is 0 Å². The van der Waals surface area contributed by atoms with E-state index >= 15 is 0 Å². The van der Waals surface area contributed by atoms with Crippen molar-refractivity contribution in [1.82, 2.24) is 4.90 Å². The van der Waals surface area contributed by atoms with Gasteiger partial charge in [0.2, 0.25) is 5.91 Å². The third-order valence-electron chi connectivity index (χ3n) is 5.99. The summed E-state index contributed by atoms with van der Waals surface area (Å²) in [6, 6.07) is 12.3. The molecule has 9 heteroatoms. The number of carbonyl (C=O) groups is 3. The summed E-state index contributed by atoms with van der Waals surface area (Å²) < 4.78 is 0. The maximum atomic E-state index is 13.4. The summed E-state index contributed by atoms with van der Waals surface area (Å²) in [6.07, 6.45) is 3.17. The predicted octanol–water partition coefficient (Wildman–Crippen LogP) is 3.18. The molecule has 0 N–H and O–H groups in total. The number of amides is 3. The fraction of sp³-hybridized carbons (Fsp3) is 0.304. The molecule has 1 saturated carbocycles. The van der Waals surface area contributed by atoms with Crippen LogP contribution in [0.15, 0.2) is 48.5 Å². The highest BCUT2D eigenvalue weighted by Crippen LogP contribution is 2.33. The first-order valence-electron chi connectivity index (χ1n) is 10.3. The van der Waals surface area contributed by atoms with Crippen LogP contribution in [0.5, 0.6) is 0 Å². The van der Waals surface area contributed by atoms with Gasteiger partial charge in [0.1, 0.15) is 6.04 Å². The van der Waals surface area contributed by atoms with Gasteiger partial charge in [-0.1, -0.05) is 12.8 Å². The Bertz CT molecular complexity index is 1110. The number of carbonyl (C=O) groups excluding carboxylic acids is 3. The minimum absolute atomic E-state index is 0.131. The molecule has 162 valence electrons. The lowest BCUT2D eigenvalue weighted by molar-refractivity contribution is -0.384. The zero-order valence-electron chi connectivity index (χ0n) is 17.1. The Balaban J connectivity index is 1.65. The van der Waals surface area contributed by atoms with Crippen LogP contribution in [0.3, 0.4) is 0 Å². The minimum Gasteiger partial charge on any atom is -0.323 e. The van der Waals surface area contributed by atoms with Crippen LogP contribution in [0.25, 0.3) is 0 Å². The summed E-state index contributed by atoms with van der Waals surface area (Å²) in [5.74, 6) is -1.31. The van der Waals surface area contributed by atoms with E-state index in [0.29, 0.717) is 11.3 Å². The highest BCUT2D eigenvalue weighted by molar-refractivity contribution is 6.23. The van der Waals surface area contributed by atoms with Crippen molar-refractivity contribution in [2.75, 3.05) is 4.90 Å². The minimum atomic E-state index is -0.941. The lowest BCUT2D eigenvalue weighted by atomic mass is 10.1. The topological polar surface area (TPSA) is 125 Å². The molecule has 32 heavy (non-hydrogen) atoms. The summed E-state index contributed by atoms with van der Waals surface area (Å²) in [6.45, 7) is 0. The molecule has 0 spiro atoms. The van der Waals surface area contributed by atoms with Gasteiger partial charge < -0.3 is 4.90 Å². The summed E-state index contributed by atoms with van der Waals surface area (Å²) in [7, 11) is 0. The third kappa shape index (κ3) is 3.83. The van der Waals surface area contributed by atoms with Gasteiger partial charge in [0, 0.05) is 23.7 Å². The van der Waals surface area contributed by atoms with Crippen molar-refractivity contribution in [3.63, 3.8) is 0 Å². The van der Waals surface area contributed by atoms with Gasteiger partial charge >= 0.3 is 0 Å². The molecule has 9 nitrogen and oxygen atoms in total. The quantitative estimate of drug-likeness (QED) is 0.406. The molecule has 0 bridgehead atoms. The first kappa shape index (κ1) is 21.2. The molecule has 0 aromatic heterocycles. The molecule has 4 rings (SSSR count). The molecule has 1 unspecified atom stereocenters. The third-order valence-corrected chi connectivity index (χ3v) is 5.99. The maximum absolute atomic E-state index is 13.4. The van der Waals surface area contributed by atoms with Crippen LogP contribution in [-0.2, 0) is 9.59 Å². The zero-order chi connectivity index (χ0) is 22.8. The van der Waals surface area contributed by atoms with Crippen LogP contribution in [-0.4, -0.2) is 39.6 Å². The molecule has 1 atom stereocenters. The SMILES string of the molecule is N#Cc1ccc(N2C(=O)CC(N(C(=O)c3ccc([N+](=O)[O-])cc3)C3CCCC3)C2=O)cc1. The van der Waals surface area contributed by atoms with E-state index in [1.54, 1.807) is 0 Å². The molecule has 2 aromatic rings. The first-order valence-corrected chi connectivity index (χ1v) is 10.3. The Morgan fingerprint density at radius 2 is 1.69 bits per heavy atom. The van der Waals surface area contributed by atoms with Crippen molar-refractivity contribution in [3.05, 3.63) is 69.8 Å². The number of benzene rings is 2. The van der Waals surface area contributed by atoms with E-state index in [1.807, 2.05) is 6.07 Å². The Morgan fingerprint density at radius 1 is 1.06 bits per heavy atom. The van der Waals surface area contributed by atoms with Crippen molar-refractivity contribution in [1.29, 1.82) is 5.26 Å². The van der Waals surface area contributed by atoms with Crippen LogP contribution >= 0.6 is 0 Å². The van der Waals surface area contributed by atoms with Gasteiger partial charge in [0.05, 0.1) is 28.7 Å². The first-order chi connectivity index (χ1) is 15.4. The average Bonchev–Trinajstić information content (AvgIpc) is 3.42. The number of hydrogen-bond acceptors (Lipinski definition) is 6. The normalized spacial score (nSPS) is 18.6. The number of anilines is 1. The van der Waals surface area contributed by atoms with Crippen molar-refractivity contribution in [3.8, 4) is 6.07 Å². The zero-order valence-corrected chi connectivity index (χ0v) is 17.1. The van der Waals surface area contributed by atoms with E-state index in [4.69, 9.17) is 5.26 Å². The summed E-state index contributed by atoms with van der Waals surface area (Å²) in [5, 5.41) is 19.9. The van der Waals surface area contributed by atoms with Crippen LogP contribution in [0.4, 0.5) is 11.4 Å². The lowest BCUT2D eigenvalue weighted by Crippen LogP contribution is -2.50. The van der Waals surface area contributed by atoms with Gasteiger partial charge in [0.25, 0.3) is 17.5 Å². The number of imide groups is 1. The van der Waals surface area contributed by atoms with Crippen molar-refractivity contribution < 1.29 is 19.3 Å². The number of non-ortho nitro benzene ring substituents is 1. The molecule has 1 aliphatic heterocycles. The van der Waals surface area contributed by atoms with Crippen molar-refractivity contribution in [2.24, 2.45) is 0 Å². The Kier molecular flexibility index (Phi) is 5.69. The lowest BCUT2D eigenvalue weighted by Gasteiger charge is -2.33. The number of rotatable bonds is 5. The monoisotopic (exact) mass is 432 g/mol. The summed E-state index contributed by atoms with van der Waals surface area (Å²) >= 11 is 0. The number of nitro groups is 1. The van der Waals surface area contributed by atoms with E-state index in [0.717, 1.165) is 30.6 Å². The van der Waals surface area contributed by atoms with Gasteiger partial charge in [-0.05, 0) is 49.2 Å². The van der Waals surface area contributed by atoms with E-state index in [2.05, 4.69) is 0 Å². The summed E-state index contributed by atoms with van der Waals surface area (Å²) in [4.78, 5) is 52.4. The second kappa shape index (κ2) is 8.59. The van der Waals surface area contributed by atoms with Gasteiger partial charge in [0.15, 0.2) is 0 Å². The Labute approximate surface area is 184 Å². The molecular weight excluding hydrogens is 412 g/mol. The molecule has 1 aliphatic carbocycles. The largest absolute Gasteiger partial charge is 0.323 e. The van der Waals surface area contributed by atoms with Crippen LogP contribution in [0.2, 0.25) is 0 Å². The molecular formula is C23H20N4O5. The average molecular weight is 432 g/mol. The van der Waals surface area contributed by atoms with Gasteiger partial charge in [-0.25, -0.2) is 4.90 Å². The van der Waals surface area contributed by atoms with Crippen molar-refractivity contribution >= 4 is 29.1 Å². The maximum Gasteiger partial charge on any atom is 0.269 e. The Morgan fingerprint density at radius 3 is 2.25 bits per heavy atom. The van der Waals surface area contributed by atoms with Gasteiger partial charge in [-0.3, -0.25) is 24.5 Å². The van der Waals surface area contributed by atoms with E-state index in [9.17, 15) is 24.5 Å². The van der Waals surface area contributed by atoms with E-state index < -0.39 is 28.7 Å². The number of nitro benzene ring substituents is 1. The molecule has 1 heterocycles. The molecule has 2 aliphatic rings. The van der Waals surface area contributed by atoms with E-state index in [1.165, 1.54) is 53.4 Å². The fourth-order valence-corrected chi connectivity index (χ4v) is 4.41. The highest BCUT2D eigenvalue weighted by atomic mass is 16.6. The Hall–Kier alpha value is -4.06. The second-order valence-corrected chi connectivity index (χ2v) is 7.90. The summed E-state index contributed by atoms with van der Waals surface area (Å²) in [5.41, 5.74) is 0.869. The van der Waals surface area contributed by atoms with Crippen molar-refractivity contribution in [2.45, 2.75) is 44.2 Å². The molecule has 3 amide bonds. The van der Waals surface area contributed by atoms with Crippen LogP contribution in [0.1, 0.15) is 48.0 Å². The van der Waals surface area contributed by atoms with Crippen LogP contribution in [0, 0.1) is 21.4 Å². The molecule has 2 fully saturated rings. The molecule has 0 radical (unpaired) electrons. The number of nitrogens with zero attached hydrogens (tertiary/aromatic N) is 4. The second-order valence-electron chi connectivity index (χ2n) is 7.90. The predicted molar refractivity (Wildman–Crippen MR) is 114 cm³/mol. The smallest absolute Gasteiger partial charge is 0.269 e. The molecule has 1 saturated heterocycles. The number of hydrogen-bond donors (Lipinski definition) is 0. The van der Waals surface area contributed by atoms with E-state index in [-0.39, 0.29) is 23.7 Å². The number of nitriles is 1. The molecule has 2 aromatic carbocycles. The van der Waals surface area contributed by atoms with Crippen LogP contribution < -0.4 is 4.90 Å². The fourth-order valence-electron chi connectivity index (χ4n) is 4.41. The standard InChI is InChI=1S/C23H20N4O5/c24-14-15-5-9-18(10-6-15)26-21(28)13-20(23(26)30)25(17-3-1-2-4-17)22(29)16-7-11-19(12-8-16)27(31)32/h5-12,17,20H,1-4,13H2. The van der Waals surface area contributed by atoms with Gasteiger partial charge in [-0.2, -0.15) is 5.26 Å². The highest BCUT2D eigenvalue weighted by Gasteiger charge is 2.47.